The highest BCUT2D eigenvalue weighted by Gasteiger charge is 2.21. The van der Waals surface area contributed by atoms with Crippen molar-refractivity contribution in [3.8, 4) is 84.4 Å². The van der Waals surface area contributed by atoms with E-state index in [9.17, 15) is 0 Å². The van der Waals surface area contributed by atoms with E-state index in [1.165, 1.54) is 11.1 Å². The third kappa shape index (κ3) is 6.93. The summed E-state index contributed by atoms with van der Waals surface area (Å²) in [6.07, 6.45) is 0. The van der Waals surface area contributed by atoms with E-state index in [0.717, 1.165) is 99.5 Å². The fourth-order valence-corrected chi connectivity index (χ4v) is 9.73. The molecule has 5 heteroatoms. The Morgan fingerprint density at radius 3 is 1.44 bits per heavy atom. The minimum atomic E-state index is 0.571. The maximum atomic E-state index is 6.77. The molecule has 0 amide bonds. The molecular weight excluding hydrogens is 829 g/mol. The normalized spacial score (nSPS) is 11.5. The number of para-hydroxylation sites is 1. The van der Waals surface area contributed by atoms with Crippen LogP contribution in [-0.4, -0.2) is 19.5 Å². The standard InChI is InChI=1S/C63H40N4O/c1-4-15-41(16-5-1)44-29-31-46(32-30-44)49-22-13-24-51(38-49)67-56-27-11-10-25-52(56)54-40-59-55(39-57(54)67)60-53(26-14-28-58(60)68-59)63-65-61(47-35-33-45(34-36-47)42-17-6-2-7-18-42)64-62(66-63)50-23-12-21-48(37-50)43-19-8-3-9-20-43/h1-40H. The molecule has 3 heterocycles. The van der Waals surface area contributed by atoms with Crippen LogP contribution in [-0.2, 0) is 0 Å². The summed E-state index contributed by atoms with van der Waals surface area (Å²) in [5.74, 6) is 1.76. The highest BCUT2D eigenvalue weighted by molar-refractivity contribution is 6.19. The number of hydrogen-bond donors (Lipinski definition) is 0. The first kappa shape index (κ1) is 39.2. The minimum absolute atomic E-state index is 0.571. The summed E-state index contributed by atoms with van der Waals surface area (Å²) in [6, 6.07) is 85.2. The molecule has 0 saturated carbocycles. The van der Waals surface area contributed by atoms with Crippen LogP contribution in [0.5, 0.6) is 0 Å². The number of benzene rings is 10. The third-order valence-corrected chi connectivity index (χ3v) is 13.1. The first-order valence-corrected chi connectivity index (χ1v) is 22.9. The Hall–Kier alpha value is -9.19. The van der Waals surface area contributed by atoms with Crippen molar-refractivity contribution in [3.63, 3.8) is 0 Å². The molecule has 10 aromatic carbocycles. The van der Waals surface area contributed by atoms with Gasteiger partial charge in [-0.05, 0) is 87.0 Å². The van der Waals surface area contributed by atoms with Crippen LogP contribution in [0.25, 0.3) is 128 Å². The van der Waals surface area contributed by atoms with Gasteiger partial charge in [-0.3, -0.25) is 0 Å². The van der Waals surface area contributed by atoms with Gasteiger partial charge < -0.3 is 8.98 Å². The zero-order chi connectivity index (χ0) is 45.0. The molecule has 0 N–H and O–H groups in total. The van der Waals surface area contributed by atoms with Gasteiger partial charge in [0.05, 0.1) is 11.0 Å². The van der Waals surface area contributed by atoms with Gasteiger partial charge in [-0.15, -0.1) is 0 Å². The second kappa shape index (κ2) is 16.4. The number of rotatable bonds is 8. The van der Waals surface area contributed by atoms with E-state index in [-0.39, 0.29) is 0 Å². The molecule has 0 aliphatic carbocycles. The van der Waals surface area contributed by atoms with Crippen LogP contribution in [0.2, 0.25) is 0 Å². The molecule has 0 unspecified atom stereocenters. The maximum Gasteiger partial charge on any atom is 0.164 e. The van der Waals surface area contributed by atoms with Crippen LogP contribution < -0.4 is 0 Å². The van der Waals surface area contributed by atoms with Gasteiger partial charge in [0.2, 0.25) is 0 Å². The lowest BCUT2D eigenvalue weighted by atomic mass is 10.00. The molecule has 0 aliphatic heterocycles. The Morgan fingerprint density at radius 1 is 0.279 bits per heavy atom. The quantitative estimate of drug-likeness (QED) is 0.153. The summed E-state index contributed by atoms with van der Waals surface area (Å²) < 4.78 is 9.15. The van der Waals surface area contributed by atoms with Gasteiger partial charge in [0, 0.05) is 43.9 Å². The van der Waals surface area contributed by atoms with Crippen molar-refractivity contribution < 1.29 is 4.42 Å². The van der Waals surface area contributed by atoms with Gasteiger partial charge in [0.25, 0.3) is 0 Å². The summed E-state index contributed by atoms with van der Waals surface area (Å²) in [4.78, 5) is 15.7. The Balaban J connectivity index is 0.979. The van der Waals surface area contributed by atoms with Crippen molar-refractivity contribution >= 4 is 43.7 Å². The molecule has 0 bridgehead atoms. The Labute approximate surface area is 392 Å². The first-order chi connectivity index (χ1) is 33.7. The fraction of sp³-hybridized carbons (Fsp3) is 0. The highest BCUT2D eigenvalue weighted by Crippen LogP contribution is 2.42. The van der Waals surface area contributed by atoms with Gasteiger partial charge in [-0.2, -0.15) is 0 Å². The molecule has 68 heavy (non-hydrogen) atoms. The average Bonchev–Trinajstić information content (AvgIpc) is 3.96. The lowest BCUT2D eigenvalue weighted by Crippen LogP contribution is -2.00. The van der Waals surface area contributed by atoms with E-state index in [2.05, 4.69) is 223 Å². The average molecular weight is 869 g/mol. The van der Waals surface area contributed by atoms with E-state index in [1.807, 2.05) is 24.3 Å². The minimum Gasteiger partial charge on any atom is -0.456 e. The summed E-state index contributed by atoms with van der Waals surface area (Å²) in [5, 5.41) is 4.22. The zero-order valence-electron chi connectivity index (χ0n) is 36.8. The van der Waals surface area contributed by atoms with Gasteiger partial charge in [-0.1, -0.05) is 200 Å². The smallest absolute Gasteiger partial charge is 0.164 e. The molecule has 5 nitrogen and oxygen atoms in total. The van der Waals surface area contributed by atoms with Gasteiger partial charge in [-0.25, -0.2) is 15.0 Å². The topological polar surface area (TPSA) is 56.7 Å². The largest absolute Gasteiger partial charge is 0.456 e. The molecule has 0 aliphatic rings. The number of fused-ring (bicyclic) bond motifs is 6. The van der Waals surface area contributed by atoms with E-state index in [4.69, 9.17) is 19.4 Å². The fourth-order valence-electron chi connectivity index (χ4n) is 9.73. The molecular formula is C63H40N4O. The van der Waals surface area contributed by atoms with Crippen LogP contribution in [0, 0.1) is 0 Å². The first-order valence-electron chi connectivity index (χ1n) is 22.9. The molecule has 0 fully saturated rings. The molecule has 0 radical (unpaired) electrons. The van der Waals surface area contributed by atoms with Crippen molar-refractivity contribution in [2.24, 2.45) is 0 Å². The van der Waals surface area contributed by atoms with Crippen molar-refractivity contribution in [1.29, 1.82) is 0 Å². The lowest BCUT2D eigenvalue weighted by molar-refractivity contribution is 0.669. The second-order valence-electron chi connectivity index (χ2n) is 17.2. The summed E-state index contributed by atoms with van der Waals surface area (Å²) in [5.41, 5.74) is 16.7. The number of aromatic nitrogens is 4. The van der Waals surface area contributed by atoms with Crippen molar-refractivity contribution in [2.45, 2.75) is 0 Å². The summed E-state index contributed by atoms with van der Waals surface area (Å²) in [6.45, 7) is 0. The van der Waals surface area contributed by atoms with Crippen LogP contribution in [0.15, 0.2) is 247 Å². The van der Waals surface area contributed by atoms with E-state index < -0.39 is 0 Å². The van der Waals surface area contributed by atoms with Crippen LogP contribution in [0.4, 0.5) is 0 Å². The van der Waals surface area contributed by atoms with Crippen molar-refractivity contribution in [2.75, 3.05) is 0 Å². The predicted molar refractivity (Wildman–Crippen MR) is 279 cm³/mol. The highest BCUT2D eigenvalue weighted by atomic mass is 16.3. The molecule has 0 spiro atoms. The van der Waals surface area contributed by atoms with Crippen LogP contribution in [0.3, 0.4) is 0 Å². The lowest BCUT2D eigenvalue weighted by Gasteiger charge is -2.11. The Morgan fingerprint density at radius 2 is 0.765 bits per heavy atom. The molecule has 13 rings (SSSR count). The molecule has 0 saturated heterocycles. The molecule has 3 aromatic heterocycles. The third-order valence-electron chi connectivity index (χ3n) is 13.1. The maximum absolute atomic E-state index is 6.77. The molecule has 13 aromatic rings. The predicted octanol–water partition coefficient (Wildman–Crippen LogP) is 16.5. The summed E-state index contributed by atoms with van der Waals surface area (Å²) in [7, 11) is 0. The monoisotopic (exact) mass is 868 g/mol. The van der Waals surface area contributed by atoms with Crippen molar-refractivity contribution in [3.05, 3.63) is 243 Å². The van der Waals surface area contributed by atoms with E-state index >= 15 is 0 Å². The number of furan rings is 1. The number of hydrogen-bond acceptors (Lipinski definition) is 4. The second-order valence-corrected chi connectivity index (χ2v) is 17.2. The Kier molecular flexibility index (Phi) is 9.43. The summed E-state index contributed by atoms with van der Waals surface area (Å²) >= 11 is 0. The zero-order valence-corrected chi connectivity index (χ0v) is 36.8. The SMILES string of the molecule is c1ccc(-c2ccc(-c3cccc(-n4c5ccccc5c5cc6oc7cccc(-c8nc(-c9ccc(-c%10ccccc%10)cc9)nc(-c9cccc(-c%10ccccc%10)c9)n8)c7c6cc54)c3)cc2)cc1. The number of nitrogens with zero attached hydrogens (tertiary/aromatic N) is 4. The molecule has 318 valence electrons. The van der Waals surface area contributed by atoms with Gasteiger partial charge in [0.15, 0.2) is 17.5 Å². The van der Waals surface area contributed by atoms with E-state index in [0.29, 0.717) is 17.5 Å². The van der Waals surface area contributed by atoms with Gasteiger partial charge >= 0.3 is 0 Å². The van der Waals surface area contributed by atoms with Crippen LogP contribution in [0.1, 0.15) is 0 Å². The van der Waals surface area contributed by atoms with Gasteiger partial charge in [0.1, 0.15) is 11.2 Å². The van der Waals surface area contributed by atoms with E-state index in [1.54, 1.807) is 0 Å². The Bertz CT molecular complexity index is 3990. The van der Waals surface area contributed by atoms with Crippen molar-refractivity contribution in [1.82, 2.24) is 19.5 Å². The van der Waals surface area contributed by atoms with Crippen LogP contribution >= 0.6 is 0 Å². The molecule has 0 atom stereocenters.